The first kappa shape index (κ1) is 31.3. The summed E-state index contributed by atoms with van der Waals surface area (Å²) in [6, 6.07) is 9.89. The Labute approximate surface area is 260 Å². The zero-order chi connectivity index (χ0) is 30.7. The summed E-state index contributed by atoms with van der Waals surface area (Å²) in [7, 11) is 3.10. The highest BCUT2D eigenvalue weighted by Gasteiger charge is 2.46. The van der Waals surface area contributed by atoms with Crippen LogP contribution in [0.1, 0.15) is 55.6 Å². The van der Waals surface area contributed by atoms with Crippen molar-refractivity contribution in [3.05, 3.63) is 86.6 Å². The van der Waals surface area contributed by atoms with Crippen molar-refractivity contribution in [2.45, 2.75) is 56.6 Å². The Bertz CT molecular complexity index is 1460. The van der Waals surface area contributed by atoms with Crippen molar-refractivity contribution in [1.82, 2.24) is 15.1 Å². The zero-order valence-electron chi connectivity index (χ0n) is 24.2. The van der Waals surface area contributed by atoms with Gasteiger partial charge in [-0.2, -0.15) is 0 Å². The molecule has 43 heavy (non-hydrogen) atoms. The molecule has 0 radical (unpaired) electrons. The number of rotatable bonds is 9. The zero-order valence-corrected chi connectivity index (χ0v) is 25.7. The van der Waals surface area contributed by atoms with Crippen LogP contribution in [-0.2, 0) is 16.1 Å². The fourth-order valence-corrected chi connectivity index (χ4v) is 6.54. The number of carbonyl (C=O) groups excluding carboxylic acids is 2. The van der Waals surface area contributed by atoms with Gasteiger partial charge in [0.1, 0.15) is 11.4 Å². The molecule has 7 nitrogen and oxygen atoms in total. The van der Waals surface area contributed by atoms with E-state index in [1.807, 2.05) is 6.07 Å². The number of methoxy groups -OCH3 is 1. The molecule has 2 aromatic carbocycles. The first-order valence-corrected chi connectivity index (χ1v) is 15.2. The molecule has 0 saturated carbocycles. The second-order valence-electron chi connectivity index (χ2n) is 11.4. The summed E-state index contributed by atoms with van der Waals surface area (Å²) in [6.45, 7) is 2.31. The number of piperidine rings is 1. The van der Waals surface area contributed by atoms with Crippen LogP contribution < -0.4 is 10.1 Å². The third-order valence-electron chi connectivity index (χ3n) is 8.56. The summed E-state index contributed by atoms with van der Waals surface area (Å²) < 4.78 is 39.2. The first-order valence-electron chi connectivity index (χ1n) is 14.4. The van der Waals surface area contributed by atoms with Crippen LogP contribution in [0.2, 0.25) is 10.0 Å². The lowest BCUT2D eigenvalue weighted by molar-refractivity contribution is -0.132. The van der Waals surface area contributed by atoms with Gasteiger partial charge in [0.25, 0.3) is 0 Å². The summed E-state index contributed by atoms with van der Waals surface area (Å²) in [5.41, 5.74) is 2.11. The molecule has 2 amide bonds. The largest absolute Gasteiger partial charge is 0.494 e. The highest BCUT2D eigenvalue weighted by atomic mass is 35.5. The molecule has 0 aromatic heterocycles. The van der Waals surface area contributed by atoms with E-state index < -0.39 is 23.4 Å². The second kappa shape index (κ2) is 13.2. The average molecular weight is 635 g/mol. The number of amides is 2. The summed E-state index contributed by atoms with van der Waals surface area (Å²) >= 11 is 12.5. The van der Waals surface area contributed by atoms with Crippen LogP contribution in [0.3, 0.4) is 0 Å². The molecule has 1 aliphatic carbocycles. The van der Waals surface area contributed by atoms with E-state index in [4.69, 9.17) is 32.7 Å². The highest BCUT2D eigenvalue weighted by molar-refractivity contribution is 6.42. The normalized spacial score (nSPS) is 18.8. The van der Waals surface area contributed by atoms with Crippen molar-refractivity contribution in [1.29, 1.82) is 0 Å². The number of fused-ring (bicyclic) bond motifs is 1. The lowest BCUT2D eigenvalue weighted by atomic mass is 9.79. The van der Waals surface area contributed by atoms with E-state index in [0.29, 0.717) is 54.4 Å². The number of benzene rings is 2. The minimum atomic E-state index is -0.811. The van der Waals surface area contributed by atoms with E-state index in [1.165, 1.54) is 19.3 Å². The molecule has 11 heteroatoms. The van der Waals surface area contributed by atoms with Crippen molar-refractivity contribution < 1.29 is 27.8 Å². The number of nitrogens with one attached hydrogen (secondary N) is 1. The molecule has 1 N–H and O–H groups in total. The lowest BCUT2D eigenvalue weighted by Crippen LogP contribution is -2.53. The summed E-state index contributed by atoms with van der Waals surface area (Å²) in [5, 5.41) is 3.53. The molecule has 230 valence electrons. The van der Waals surface area contributed by atoms with Crippen LogP contribution in [0.15, 0.2) is 59.6 Å². The van der Waals surface area contributed by atoms with Crippen molar-refractivity contribution in [2.24, 2.45) is 0 Å². The van der Waals surface area contributed by atoms with E-state index in [0.717, 1.165) is 29.8 Å². The van der Waals surface area contributed by atoms with Gasteiger partial charge in [0.05, 0.1) is 23.1 Å². The predicted octanol–water partition coefficient (Wildman–Crippen LogP) is 7.14. The SMILES string of the molecule is COc1ccc(CN(C)C(=O)C(CCCN2CCC3(CC2)OC(=O)NC2=C3C=C(F)CC2)c2ccc(Cl)c(Cl)c2)cc1F. The third kappa shape index (κ3) is 7.00. The van der Waals surface area contributed by atoms with Crippen LogP contribution in [0.5, 0.6) is 5.75 Å². The highest BCUT2D eigenvalue weighted by Crippen LogP contribution is 2.42. The first-order chi connectivity index (χ1) is 20.6. The van der Waals surface area contributed by atoms with Crippen molar-refractivity contribution in [3.8, 4) is 5.75 Å². The number of likely N-dealkylation sites (N-methyl/N-ethyl adjacent to an activating group) is 1. The van der Waals surface area contributed by atoms with Gasteiger partial charge in [-0.15, -0.1) is 0 Å². The van der Waals surface area contributed by atoms with Gasteiger partial charge in [-0.05, 0) is 67.3 Å². The number of hydrogen-bond donors (Lipinski definition) is 1. The maximum absolute atomic E-state index is 14.3. The Morgan fingerprint density at radius 2 is 1.91 bits per heavy atom. The van der Waals surface area contributed by atoms with Gasteiger partial charge in [-0.25, -0.2) is 13.6 Å². The number of allylic oxidation sites excluding steroid dienone is 2. The lowest BCUT2D eigenvalue weighted by Gasteiger charge is -2.45. The standard InChI is InChI=1S/C32H35Cl2F2N3O4/c1-38(19-20-5-10-29(42-2)27(36)16-20)30(40)23(21-6-8-25(33)26(34)17-21)4-3-13-39-14-11-32(12-15-39)24-18-22(35)7-9-28(24)37-31(41)43-32/h5-6,8,10,16-18,23H,3-4,7,9,11-15,19H2,1-2H3,(H,37,41). The maximum atomic E-state index is 14.3. The van der Waals surface area contributed by atoms with Crippen molar-refractivity contribution in [3.63, 3.8) is 0 Å². The number of likely N-dealkylation sites (tertiary alicyclic amines) is 1. The summed E-state index contributed by atoms with van der Waals surface area (Å²) in [6.07, 6.45) is 4.21. The molecule has 5 rings (SSSR count). The molecule has 2 aliphatic heterocycles. The number of nitrogens with zero attached hydrogens (tertiary/aromatic N) is 2. The van der Waals surface area contributed by atoms with Crippen molar-refractivity contribution in [2.75, 3.05) is 33.8 Å². The minimum absolute atomic E-state index is 0.112. The molecule has 1 fully saturated rings. The van der Waals surface area contributed by atoms with Gasteiger partial charge < -0.3 is 19.3 Å². The van der Waals surface area contributed by atoms with Crippen LogP contribution in [0.25, 0.3) is 0 Å². The Kier molecular flexibility index (Phi) is 9.63. The van der Waals surface area contributed by atoms with E-state index in [1.54, 1.807) is 36.2 Å². The van der Waals surface area contributed by atoms with Crippen LogP contribution in [0.4, 0.5) is 13.6 Å². The van der Waals surface area contributed by atoms with Crippen LogP contribution >= 0.6 is 23.2 Å². The molecule has 1 unspecified atom stereocenters. The molecular weight excluding hydrogens is 599 g/mol. The number of ether oxygens (including phenoxy) is 2. The molecule has 1 atom stereocenters. The summed E-state index contributed by atoms with van der Waals surface area (Å²) in [5.74, 6) is -1.12. The molecule has 1 saturated heterocycles. The van der Waals surface area contributed by atoms with E-state index in [2.05, 4.69) is 10.2 Å². The van der Waals surface area contributed by atoms with Crippen LogP contribution in [0, 0.1) is 5.82 Å². The molecule has 0 bridgehead atoms. The topological polar surface area (TPSA) is 71.1 Å². The Morgan fingerprint density at radius 1 is 1.14 bits per heavy atom. The fraction of sp³-hybridized carbons (Fsp3) is 0.438. The van der Waals surface area contributed by atoms with E-state index >= 15 is 0 Å². The fourth-order valence-electron chi connectivity index (χ4n) is 6.23. The monoisotopic (exact) mass is 633 g/mol. The van der Waals surface area contributed by atoms with Crippen molar-refractivity contribution >= 4 is 35.2 Å². The third-order valence-corrected chi connectivity index (χ3v) is 9.30. The van der Waals surface area contributed by atoms with E-state index in [9.17, 15) is 18.4 Å². The number of hydrogen-bond acceptors (Lipinski definition) is 5. The maximum Gasteiger partial charge on any atom is 0.412 e. The van der Waals surface area contributed by atoms with Gasteiger partial charge in [0.15, 0.2) is 11.6 Å². The Balaban J connectivity index is 1.24. The average Bonchev–Trinajstić information content (AvgIpc) is 2.98. The Hall–Kier alpha value is -3.14. The van der Waals surface area contributed by atoms with Gasteiger partial charge in [0.2, 0.25) is 5.91 Å². The smallest absolute Gasteiger partial charge is 0.412 e. The quantitative estimate of drug-likeness (QED) is 0.318. The van der Waals surface area contributed by atoms with Crippen LogP contribution in [-0.4, -0.2) is 61.2 Å². The summed E-state index contributed by atoms with van der Waals surface area (Å²) in [4.78, 5) is 29.9. The number of alkyl carbamates (subject to hydrolysis) is 1. The van der Waals surface area contributed by atoms with Gasteiger partial charge in [0, 0.05) is 57.2 Å². The minimum Gasteiger partial charge on any atom is -0.494 e. The second-order valence-corrected chi connectivity index (χ2v) is 12.2. The van der Waals surface area contributed by atoms with Gasteiger partial charge in [-0.3, -0.25) is 10.1 Å². The van der Waals surface area contributed by atoms with Gasteiger partial charge >= 0.3 is 6.09 Å². The molecule has 2 heterocycles. The number of carbonyl (C=O) groups is 2. The molecular formula is C32H35Cl2F2N3O4. The van der Waals surface area contributed by atoms with E-state index in [-0.39, 0.29) is 30.4 Å². The Morgan fingerprint density at radius 3 is 2.60 bits per heavy atom. The molecule has 1 spiro atoms. The number of halogens is 4. The van der Waals surface area contributed by atoms with Gasteiger partial charge in [-0.1, -0.05) is 35.3 Å². The molecule has 3 aliphatic rings. The molecule has 2 aromatic rings. The predicted molar refractivity (Wildman–Crippen MR) is 161 cm³/mol.